The predicted octanol–water partition coefficient (Wildman–Crippen LogP) is 2.58. The SMILES string of the molecule is Cc1nc(OCCNC(=O)COc2ccc(C)c(C)c2)cc(N2CCCC2)n1. The monoisotopic (exact) mass is 384 g/mol. The maximum atomic E-state index is 11.9. The molecule has 1 N–H and O–H groups in total. The van der Waals surface area contributed by atoms with E-state index in [2.05, 4.69) is 20.2 Å². The lowest BCUT2D eigenvalue weighted by Gasteiger charge is -2.17. The maximum absolute atomic E-state index is 11.9. The standard InChI is InChI=1S/C21H28N4O3/c1-15-6-7-18(12-16(15)2)28-14-20(26)22-8-11-27-21-13-19(23-17(3)24-21)25-9-4-5-10-25/h6-7,12-13H,4-5,8-11,14H2,1-3H3,(H,22,26). The molecule has 28 heavy (non-hydrogen) atoms. The van der Waals surface area contributed by atoms with E-state index >= 15 is 0 Å². The van der Waals surface area contributed by atoms with Crippen LogP contribution in [0.15, 0.2) is 24.3 Å². The van der Waals surface area contributed by atoms with Crippen LogP contribution in [0.5, 0.6) is 11.6 Å². The van der Waals surface area contributed by atoms with Crippen molar-refractivity contribution in [3.8, 4) is 11.6 Å². The van der Waals surface area contributed by atoms with Gasteiger partial charge in [-0.15, -0.1) is 0 Å². The Hall–Kier alpha value is -2.83. The van der Waals surface area contributed by atoms with E-state index in [1.165, 1.54) is 18.4 Å². The zero-order valence-electron chi connectivity index (χ0n) is 16.8. The zero-order valence-corrected chi connectivity index (χ0v) is 16.8. The molecule has 3 rings (SSSR count). The van der Waals surface area contributed by atoms with Crippen molar-refractivity contribution in [2.45, 2.75) is 33.6 Å². The van der Waals surface area contributed by atoms with Gasteiger partial charge >= 0.3 is 0 Å². The van der Waals surface area contributed by atoms with Crippen LogP contribution in [-0.4, -0.2) is 48.7 Å². The van der Waals surface area contributed by atoms with Crippen molar-refractivity contribution in [1.82, 2.24) is 15.3 Å². The lowest BCUT2D eigenvalue weighted by Crippen LogP contribution is -2.32. The van der Waals surface area contributed by atoms with Gasteiger partial charge in [-0.3, -0.25) is 4.79 Å². The van der Waals surface area contributed by atoms with Crippen LogP contribution in [0.25, 0.3) is 0 Å². The lowest BCUT2D eigenvalue weighted by atomic mass is 10.1. The number of ether oxygens (including phenoxy) is 2. The number of aryl methyl sites for hydroxylation is 3. The van der Waals surface area contributed by atoms with Crippen molar-refractivity contribution in [3.05, 3.63) is 41.2 Å². The summed E-state index contributed by atoms with van der Waals surface area (Å²) in [5, 5.41) is 2.79. The number of benzene rings is 1. The van der Waals surface area contributed by atoms with Crippen molar-refractivity contribution < 1.29 is 14.3 Å². The first kappa shape index (κ1) is 19.9. The molecule has 1 aromatic carbocycles. The summed E-state index contributed by atoms with van der Waals surface area (Å²) in [5.41, 5.74) is 2.33. The molecule has 7 nitrogen and oxygen atoms in total. The van der Waals surface area contributed by atoms with Crippen molar-refractivity contribution in [1.29, 1.82) is 0 Å². The Morgan fingerprint density at radius 3 is 2.61 bits per heavy atom. The van der Waals surface area contributed by atoms with Gasteiger partial charge in [0.2, 0.25) is 5.88 Å². The molecular weight excluding hydrogens is 356 g/mol. The summed E-state index contributed by atoms with van der Waals surface area (Å²) in [6.45, 7) is 8.66. The first-order valence-corrected chi connectivity index (χ1v) is 9.71. The highest BCUT2D eigenvalue weighted by Crippen LogP contribution is 2.21. The topological polar surface area (TPSA) is 76.6 Å². The molecule has 0 spiro atoms. The van der Waals surface area contributed by atoms with E-state index in [0.717, 1.165) is 24.5 Å². The largest absolute Gasteiger partial charge is 0.484 e. The number of anilines is 1. The Bertz CT molecular complexity index is 819. The molecule has 0 atom stereocenters. The Morgan fingerprint density at radius 2 is 1.86 bits per heavy atom. The number of carbonyl (C=O) groups excluding carboxylic acids is 1. The number of hydrogen-bond acceptors (Lipinski definition) is 6. The van der Waals surface area contributed by atoms with Crippen molar-refractivity contribution in [2.75, 3.05) is 37.7 Å². The minimum absolute atomic E-state index is 0.0196. The molecule has 1 amide bonds. The van der Waals surface area contributed by atoms with Crippen LogP contribution in [-0.2, 0) is 4.79 Å². The summed E-state index contributed by atoms with van der Waals surface area (Å²) in [5.74, 6) is 2.64. The van der Waals surface area contributed by atoms with E-state index in [1.807, 2.05) is 45.0 Å². The number of nitrogens with zero attached hydrogens (tertiary/aromatic N) is 3. The number of amides is 1. The van der Waals surface area contributed by atoms with Gasteiger partial charge in [-0.1, -0.05) is 6.07 Å². The molecule has 1 saturated heterocycles. The van der Waals surface area contributed by atoms with Crippen LogP contribution in [0, 0.1) is 20.8 Å². The maximum Gasteiger partial charge on any atom is 0.258 e. The van der Waals surface area contributed by atoms with Crippen LogP contribution in [0.1, 0.15) is 29.8 Å². The first-order valence-electron chi connectivity index (χ1n) is 9.71. The predicted molar refractivity (Wildman–Crippen MR) is 108 cm³/mol. The van der Waals surface area contributed by atoms with E-state index in [1.54, 1.807) is 0 Å². The molecule has 1 fully saturated rings. The quantitative estimate of drug-likeness (QED) is 0.705. The Balaban J connectivity index is 1.40. The van der Waals surface area contributed by atoms with Crippen LogP contribution < -0.4 is 19.7 Å². The fourth-order valence-electron chi connectivity index (χ4n) is 3.06. The van der Waals surface area contributed by atoms with Gasteiger partial charge in [0.15, 0.2) is 6.61 Å². The van der Waals surface area contributed by atoms with E-state index < -0.39 is 0 Å². The first-order chi connectivity index (χ1) is 13.5. The van der Waals surface area contributed by atoms with Crippen molar-refractivity contribution in [3.63, 3.8) is 0 Å². The summed E-state index contributed by atoms with van der Waals surface area (Å²) < 4.78 is 11.2. The molecule has 1 aromatic heterocycles. The summed E-state index contributed by atoms with van der Waals surface area (Å²) in [7, 11) is 0. The molecular formula is C21H28N4O3. The fraction of sp³-hybridized carbons (Fsp3) is 0.476. The molecule has 150 valence electrons. The normalized spacial score (nSPS) is 13.5. The minimum Gasteiger partial charge on any atom is -0.484 e. The van der Waals surface area contributed by atoms with Crippen LogP contribution >= 0.6 is 0 Å². The second-order valence-corrected chi connectivity index (χ2v) is 7.04. The second kappa shape index (κ2) is 9.39. The summed E-state index contributed by atoms with van der Waals surface area (Å²) in [6.07, 6.45) is 2.38. The van der Waals surface area contributed by atoms with Crippen LogP contribution in [0.4, 0.5) is 5.82 Å². The Labute approximate surface area is 166 Å². The number of hydrogen-bond donors (Lipinski definition) is 1. The van der Waals surface area contributed by atoms with Crippen molar-refractivity contribution in [2.24, 2.45) is 0 Å². The highest BCUT2D eigenvalue weighted by atomic mass is 16.5. The van der Waals surface area contributed by atoms with E-state index in [-0.39, 0.29) is 12.5 Å². The molecule has 0 radical (unpaired) electrons. The van der Waals surface area contributed by atoms with Gasteiger partial charge < -0.3 is 19.7 Å². The number of nitrogens with one attached hydrogen (secondary N) is 1. The van der Waals surface area contributed by atoms with Gasteiger partial charge in [0.1, 0.15) is 24.0 Å². The minimum atomic E-state index is -0.182. The number of rotatable bonds is 8. The average Bonchev–Trinajstić information content (AvgIpc) is 3.21. The van der Waals surface area contributed by atoms with Gasteiger partial charge in [0.05, 0.1) is 6.54 Å². The molecule has 1 aliphatic heterocycles. The molecule has 0 aliphatic carbocycles. The van der Waals surface area contributed by atoms with E-state index in [9.17, 15) is 4.79 Å². The summed E-state index contributed by atoms with van der Waals surface area (Å²) >= 11 is 0. The summed E-state index contributed by atoms with van der Waals surface area (Å²) in [6, 6.07) is 7.65. The lowest BCUT2D eigenvalue weighted by molar-refractivity contribution is -0.123. The Kier molecular flexibility index (Phi) is 6.68. The molecule has 2 aromatic rings. The van der Waals surface area contributed by atoms with Gasteiger partial charge in [0, 0.05) is 19.2 Å². The fourth-order valence-corrected chi connectivity index (χ4v) is 3.06. The third-order valence-corrected chi connectivity index (χ3v) is 4.75. The van der Waals surface area contributed by atoms with Gasteiger partial charge in [0.25, 0.3) is 5.91 Å². The van der Waals surface area contributed by atoms with Gasteiger partial charge in [-0.05, 0) is 56.9 Å². The molecule has 0 bridgehead atoms. The Morgan fingerprint density at radius 1 is 1.07 bits per heavy atom. The third-order valence-electron chi connectivity index (χ3n) is 4.75. The second-order valence-electron chi connectivity index (χ2n) is 7.04. The molecule has 0 unspecified atom stereocenters. The van der Waals surface area contributed by atoms with Crippen LogP contribution in [0.2, 0.25) is 0 Å². The molecule has 0 saturated carbocycles. The summed E-state index contributed by atoms with van der Waals surface area (Å²) in [4.78, 5) is 23.0. The van der Waals surface area contributed by atoms with Gasteiger partial charge in [-0.25, -0.2) is 4.98 Å². The highest BCUT2D eigenvalue weighted by molar-refractivity contribution is 5.77. The molecule has 2 heterocycles. The zero-order chi connectivity index (χ0) is 19.9. The van der Waals surface area contributed by atoms with Crippen LogP contribution in [0.3, 0.4) is 0 Å². The number of aromatic nitrogens is 2. The average molecular weight is 384 g/mol. The highest BCUT2D eigenvalue weighted by Gasteiger charge is 2.15. The number of carbonyl (C=O) groups is 1. The molecule has 1 aliphatic rings. The van der Waals surface area contributed by atoms with E-state index in [4.69, 9.17) is 9.47 Å². The third kappa shape index (κ3) is 5.58. The molecule has 7 heteroatoms. The van der Waals surface area contributed by atoms with Gasteiger partial charge in [-0.2, -0.15) is 4.98 Å². The van der Waals surface area contributed by atoms with Crippen molar-refractivity contribution >= 4 is 11.7 Å². The smallest absolute Gasteiger partial charge is 0.258 e. The van der Waals surface area contributed by atoms with E-state index in [0.29, 0.717) is 30.6 Å².